The normalized spacial score (nSPS) is 12.3. The van der Waals surface area contributed by atoms with Gasteiger partial charge in [-0.15, -0.1) is 0 Å². The van der Waals surface area contributed by atoms with E-state index in [1.165, 1.54) is 6.92 Å². The molecule has 1 heterocycles. The lowest BCUT2D eigenvalue weighted by atomic mass is 9.87. The number of rotatable bonds is 3. The number of alkyl halides is 3. The highest BCUT2D eigenvalue weighted by molar-refractivity contribution is 5.90. The van der Waals surface area contributed by atoms with Crippen molar-refractivity contribution in [2.75, 3.05) is 6.61 Å². The first-order chi connectivity index (χ1) is 11.1. The van der Waals surface area contributed by atoms with E-state index in [9.17, 15) is 18.0 Å². The highest BCUT2D eigenvalue weighted by atomic mass is 19.4. The van der Waals surface area contributed by atoms with Gasteiger partial charge in [0, 0.05) is 0 Å². The number of esters is 1. The van der Waals surface area contributed by atoms with Gasteiger partial charge >= 0.3 is 12.1 Å². The zero-order valence-corrected chi connectivity index (χ0v) is 13.9. The van der Waals surface area contributed by atoms with E-state index in [4.69, 9.17) is 0 Å². The molecular weight excluding hydrogens is 321 g/mol. The van der Waals surface area contributed by atoms with Crippen molar-refractivity contribution < 1.29 is 22.7 Å². The van der Waals surface area contributed by atoms with E-state index in [1.807, 2.05) is 20.8 Å². The smallest absolute Gasteiger partial charge is 0.434 e. The molecule has 0 aliphatic carbocycles. The van der Waals surface area contributed by atoms with E-state index in [1.54, 1.807) is 24.3 Å². The first-order valence-corrected chi connectivity index (χ1v) is 7.49. The van der Waals surface area contributed by atoms with Crippen LogP contribution >= 0.6 is 0 Å². The van der Waals surface area contributed by atoms with Crippen molar-refractivity contribution in [3.63, 3.8) is 0 Å². The second-order valence-electron chi connectivity index (χ2n) is 6.33. The van der Waals surface area contributed by atoms with Gasteiger partial charge in [-0.3, -0.25) is 0 Å². The van der Waals surface area contributed by atoms with Gasteiger partial charge in [0.25, 0.3) is 0 Å². The van der Waals surface area contributed by atoms with Gasteiger partial charge in [0.2, 0.25) is 0 Å². The number of ether oxygens (including phenoxy) is 1. The maximum atomic E-state index is 13.4. The summed E-state index contributed by atoms with van der Waals surface area (Å²) in [5.41, 5.74) is -0.636. The molecule has 2 aromatic rings. The summed E-state index contributed by atoms with van der Waals surface area (Å²) in [4.78, 5) is 11.8. The molecule has 1 aromatic heterocycles. The molecule has 0 bridgehead atoms. The van der Waals surface area contributed by atoms with Crippen molar-refractivity contribution in [1.29, 1.82) is 0 Å². The average Bonchev–Trinajstić information content (AvgIpc) is 2.92. The zero-order chi connectivity index (χ0) is 18.1. The van der Waals surface area contributed by atoms with Crippen molar-refractivity contribution in [3.8, 4) is 5.69 Å². The highest BCUT2D eigenvalue weighted by Crippen LogP contribution is 2.34. The van der Waals surface area contributed by atoms with Gasteiger partial charge in [-0.25, -0.2) is 9.48 Å². The SMILES string of the molecule is CCOC(=O)c1cnn(-c2ccc(C(C)(C)C)cc2)c1C(F)(F)F. The maximum Gasteiger partial charge on any atom is 0.434 e. The second-order valence-corrected chi connectivity index (χ2v) is 6.33. The summed E-state index contributed by atoms with van der Waals surface area (Å²) in [5.74, 6) is -1.04. The fraction of sp³-hybridized carbons (Fsp3) is 0.412. The van der Waals surface area contributed by atoms with Gasteiger partial charge in [0.15, 0.2) is 5.69 Å². The minimum atomic E-state index is -4.73. The molecule has 0 fully saturated rings. The van der Waals surface area contributed by atoms with Crippen LogP contribution in [-0.2, 0) is 16.3 Å². The molecule has 0 aliphatic rings. The van der Waals surface area contributed by atoms with Crippen molar-refractivity contribution in [3.05, 3.63) is 47.3 Å². The number of carbonyl (C=O) groups excluding carboxylic acids is 1. The predicted molar refractivity (Wildman–Crippen MR) is 83.2 cm³/mol. The first kappa shape index (κ1) is 18.0. The predicted octanol–water partition coefficient (Wildman–Crippen LogP) is 4.37. The fourth-order valence-electron chi connectivity index (χ4n) is 2.28. The highest BCUT2D eigenvalue weighted by Gasteiger charge is 2.41. The van der Waals surface area contributed by atoms with E-state index >= 15 is 0 Å². The molecule has 0 unspecified atom stereocenters. The summed E-state index contributed by atoms with van der Waals surface area (Å²) in [6.07, 6.45) is -3.85. The molecule has 24 heavy (non-hydrogen) atoms. The quantitative estimate of drug-likeness (QED) is 0.780. The van der Waals surface area contributed by atoms with Crippen molar-refractivity contribution in [2.45, 2.75) is 39.3 Å². The second kappa shape index (κ2) is 6.30. The Bertz CT molecular complexity index is 726. The lowest BCUT2D eigenvalue weighted by Gasteiger charge is -2.19. The van der Waals surface area contributed by atoms with Gasteiger partial charge in [-0.1, -0.05) is 32.9 Å². The van der Waals surface area contributed by atoms with Gasteiger partial charge in [-0.05, 0) is 30.0 Å². The van der Waals surface area contributed by atoms with Crippen molar-refractivity contribution in [1.82, 2.24) is 9.78 Å². The molecule has 0 amide bonds. The molecule has 0 N–H and O–H groups in total. The Kier molecular flexibility index (Phi) is 4.73. The first-order valence-electron chi connectivity index (χ1n) is 7.49. The summed E-state index contributed by atoms with van der Waals surface area (Å²) in [7, 11) is 0. The standard InChI is InChI=1S/C17H19F3N2O2/c1-5-24-15(23)13-10-21-22(14(13)17(18,19)20)12-8-6-11(7-9-12)16(2,3)4/h6-10H,5H2,1-4H3. The number of nitrogens with zero attached hydrogens (tertiary/aromatic N) is 2. The van der Waals surface area contributed by atoms with Gasteiger partial charge in [0.1, 0.15) is 5.56 Å². The number of aromatic nitrogens is 2. The number of carbonyl (C=O) groups is 1. The lowest BCUT2D eigenvalue weighted by Crippen LogP contribution is -2.18. The van der Waals surface area contributed by atoms with Gasteiger partial charge in [0.05, 0.1) is 18.5 Å². The number of hydrogen-bond acceptors (Lipinski definition) is 3. The zero-order valence-electron chi connectivity index (χ0n) is 13.9. The van der Waals surface area contributed by atoms with Crippen LogP contribution in [0.25, 0.3) is 5.69 Å². The lowest BCUT2D eigenvalue weighted by molar-refractivity contribution is -0.143. The Hall–Kier alpha value is -2.31. The van der Waals surface area contributed by atoms with E-state index < -0.39 is 23.4 Å². The van der Waals surface area contributed by atoms with Crippen molar-refractivity contribution in [2.24, 2.45) is 0 Å². The van der Waals surface area contributed by atoms with Crippen LogP contribution in [0.15, 0.2) is 30.5 Å². The molecule has 0 spiro atoms. The van der Waals surface area contributed by atoms with Crippen LogP contribution < -0.4 is 0 Å². The molecule has 0 saturated heterocycles. The Balaban J connectivity index is 2.53. The third-order valence-electron chi connectivity index (χ3n) is 3.51. The molecule has 0 radical (unpaired) electrons. The molecule has 1 aromatic carbocycles. The van der Waals surface area contributed by atoms with Crippen LogP contribution in [0.2, 0.25) is 0 Å². The molecule has 0 atom stereocenters. The Morgan fingerprint density at radius 1 is 1.17 bits per heavy atom. The minimum absolute atomic E-state index is 0.0123. The molecule has 2 rings (SSSR count). The molecular formula is C17H19F3N2O2. The summed E-state index contributed by atoms with van der Waals surface area (Å²) in [6.45, 7) is 7.55. The van der Waals surface area contributed by atoms with Crippen LogP contribution in [0, 0.1) is 0 Å². The van der Waals surface area contributed by atoms with Crippen LogP contribution in [0.4, 0.5) is 13.2 Å². The summed E-state index contributed by atoms with van der Waals surface area (Å²) in [5, 5.41) is 3.74. The van der Waals surface area contributed by atoms with Crippen molar-refractivity contribution >= 4 is 5.97 Å². The average molecular weight is 340 g/mol. The van der Waals surface area contributed by atoms with Gasteiger partial charge < -0.3 is 4.74 Å². The monoisotopic (exact) mass is 340 g/mol. The third-order valence-corrected chi connectivity index (χ3v) is 3.51. The van der Waals surface area contributed by atoms with E-state index in [0.717, 1.165) is 16.4 Å². The van der Waals surface area contributed by atoms with Gasteiger partial charge in [-0.2, -0.15) is 18.3 Å². The topological polar surface area (TPSA) is 44.1 Å². The summed E-state index contributed by atoms with van der Waals surface area (Å²) in [6, 6.07) is 6.61. The maximum absolute atomic E-state index is 13.4. The summed E-state index contributed by atoms with van der Waals surface area (Å²) < 4.78 is 45.7. The third kappa shape index (κ3) is 3.60. The Labute approximate surface area is 138 Å². The van der Waals surface area contributed by atoms with E-state index in [0.29, 0.717) is 0 Å². The number of benzene rings is 1. The molecule has 130 valence electrons. The largest absolute Gasteiger partial charge is 0.462 e. The van der Waals surface area contributed by atoms with Crippen LogP contribution in [0.5, 0.6) is 0 Å². The van der Waals surface area contributed by atoms with E-state index in [-0.39, 0.29) is 17.7 Å². The summed E-state index contributed by atoms with van der Waals surface area (Å²) >= 11 is 0. The van der Waals surface area contributed by atoms with Crippen LogP contribution in [-0.4, -0.2) is 22.4 Å². The minimum Gasteiger partial charge on any atom is -0.462 e. The Morgan fingerprint density at radius 2 is 1.75 bits per heavy atom. The molecule has 7 heteroatoms. The van der Waals surface area contributed by atoms with Crippen LogP contribution in [0.1, 0.15) is 49.3 Å². The molecule has 4 nitrogen and oxygen atoms in total. The molecule has 0 saturated carbocycles. The molecule has 0 aliphatic heterocycles. The Morgan fingerprint density at radius 3 is 2.21 bits per heavy atom. The van der Waals surface area contributed by atoms with Crippen LogP contribution in [0.3, 0.4) is 0 Å². The van der Waals surface area contributed by atoms with E-state index in [2.05, 4.69) is 9.84 Å². The fourth-order valence-corrected chi connectivity index (χ4v) is 2.28. The number of hydrogen-bond donors (Lipinski definition) is 0. The number of halogens is 3.